The first-order valence-electron chi connectivity index (χ1n) is 6.72. The predicted octanol–water partition coefficient (Wildman–Crippen LogP) is 1.43. The van der Waals surface area contributed by atoms with Gasteiger partial charge in [0.2, 0.25) is 5.91 Å². The van der Waals surface area contributed by atoms with E-state index in [4.69, 9.17) is 10.5 Å². The molecule has 17 heavy (non-hydrogen) atoms. The van der Waals surface area contributed by atoms with Crippen molar-refractivity contribution in [1.82, 2.24) is 5.32 Å². The average molecular weight is 242 g/mol. The summed E-state index contributed by atoms with van der Waals surface area (Å²) >= 11 is 0. The molecule has 4 heteroatoms. The van der Waals surface area contributed by atoms with Crippen LogP contribution in [-0.2, 0) is 9.53 Å². The van der Waals surface area contributed by atoms with Crippen molar-refractivity contribution >= 4 is 5.91 Å². The molecule has 1 aliphatic rings. The van der Waals surface area contributed by atoms with Gasteiger partial charge < -0.3 is 15.8 Å². The highest BCUT2D eigenvalue weighted by Gasteiger charge is 2.30. The van der Waals surface area contributed by atoms with Gasteiger partial charge in [0.25, 0.3) is 0 Å². The molecular formula is C13H26N2O2. The third kappa shape index (κ3) is 4.64. The van der Waals surface area contributed by atoms with Crippen molar-refractivity contribution in [3.8, 4) is 0 Å². The molecule has 0 spiro atoms. The molecule has 4 atom stereocenters. The molecule has 1 heterocycles. The van der Waals surface area contributed by atoms with E-state index in [1.54, 1.807) is 0 Å². The van der Waals surface area contributed by atoms with Gasteiger partial charge in [-0.3, -0.25) is 4.79 Å². The molecule has 100 valence electrons. The Morgan fingerprint density at radius 3 is 2.71 bits per heavy atom. The molecule has 3 N–H and O–H groups in total. The van der Waals surface area contributed by atoms with Gasteiger partial charge in [0.15, 0.2) is 0 Å². The van der Waals surface area contributed by atoms with Crippen molar-refractivity contribution in [3.63, 3.8) is 0 Å². The summed E-state index contributed by atoms with van der Waals surface area (Å²) in [4.78, 5) is 11.9. The number of ether oxygens (including phenoxy) is 1. The van der Waals surface area contributed by atoms with E-state index in [0.29, 0.717) is 12.5 Å². The van der Waals surface area contributed by atoms with Crippen molar-refractivity contribution < 1.29 is 9.53 Å². The van der Waals surface area contributed by atoms with Gasteiger partial charge in [-0.2, -0.15) is 0 Å². The Balaban J connectivity index is 2.29. The van der Waals surface area contributed by atoms with Crippen LogP contribution >= 0.6 is 0 Å². The average Bonchev–Trinajstić information content (AvgIpc) is 2.77. The molecule has 0 aromatic heterocycles. The van der Waals surface area contributed by atoms with Gasteiger partial charge >= 0.3 is 0 Å². The highest BCUT2D eigenvalue weighted by atomic mass is 16.5. The zero-order valence-electron chi connectivity index (χ0n) is 11.2. The number of rotatable bonds is 6. The lowest BCUT2D eigenvalue weighted by Crippen LogP contribution is -2.41. The maximum Gasteiger partial charge on any atom is 0.249 e. The molecule has 4 nitrogen and oxygen atoms in total. The third-order valence-electron chi connectivity index (χ3n) is 3.50. The van der Waals surface area contributed by atoms with E-state index in [0.717, 1.165) is 25.7 Å². The summed E-state index contributed by atoms with van der Waals surface area (Å²) in [6, 6.07) is 0.220. The number of nitrogens with two attached hydrogens (primary N) is 1. The van der Waals surface area contributed by atoms with Crippen molar-refractivity contribution in [2.45, 2.75) is 64.7 Å². The maximum atomic E-state index is 11.9. The van der Waals surface area contributed by atoms with Crippen LogP contribution in [0.25, 0.3) is 0 Å². The fourth-order valence-electron chi connectivity index (χ4n) is 2.24. The molecule has 1 aliphatic heterocycles. The second kappa shape index (κ2) is 6.97. The Morgan fingerprint density at radius 2 is 2.18 bits per heavy atom. The normalized spacial score (nSPS) is 27.8. The second-order valence-corrected chi connectivity index (χ2v) is 5.22. The van der Waals surface area contributed by atoms with Gasteiger partial charge in [0, 0.05) is 12.6 Å². The van der Waals surface area contributed by atoms with Crippen LogP contribution in [0.3, 0.4) is 0 Å². The largest absolute Gasteiger partial charge is 0.364 e. The highest BCUT2D eigenvalue weighted by molar-refractivity contribution is 5.81. The molecule has 1 fully saturated rings. The van der Waals surface area contributed by atoms with Gasteiger partial charge in [-0.15, -0.1) is 0 Å². The van der Waals surface area contributed by atoms with Crippen LogP contribution < -0.4 is 11.1 Å². The summed E-state index contributed by atoms with van der Waals surface area (Å²) in [5, 5.41) is 3.03. The Labute approximate surface area is 104 Å². The molecule has 0 radical (unpaired) electrons. The Kier molecular flexibility index (Phi) is 5.92. The first kappa shape index (κ1) is 14.5. The van der Waals surface area contributed by atoms with Crippen molar-refractivity contribution in [2.24, 2.45) is 11.7 Å². The number of carbonyl (C=O) groups is 1. The molecule has 0 bridgehead atoms. The van der Waals surface area contributed by atoms with Gasteiger partial charge in [0.05, 0.1) is 6.10 Å². The monoisotopic (exact) mass is 242 g/mol. The molecule has 1 saturated heterocycles. The highest BCUT2D eigenvalue weighted by Crippen LogP contribution is 2.19. The Bertz CT molecular complexity index is 246. The number of amides is 1. The van der Waals surface area contributed by atoms with Crippen LogP contribution in [0.4, 0.5) is 0 Å². The number of hydrogen-bond donors (Lipinski definition) is 2. The van der Waals surface area contributed by atoms with Gasteiger partial charge in [-0.1, -0.05) is 20.3 Å². The first-order valence-corrected chi connectivity index (χ1v) is 6.72. The minimum atomic E-state index is -0.289. The van der Waals surface area contributed by atoms with E-state index in [9.17, 15) is 4.79 Å². The smallest absolute Gasteiger partial charge is 0.249 e. The number of nitrogens with one attached hydrogen (secondary N) is 1. The maximum absolute atomic E-state index is 11.9. The van der Waals surface area contributed by atoms with Crippen molar-refractivity contribution in [1.29, 1.82) is 0 Å². The fraction of sp³-hybridized carbons (Fsp3) is 0.923. The Hall–Kier alpha value is -0.610. The summed E-state index contributed by atoms with van der Waals surface area (Å²) < 4.78 is 5.57. The molecular weight excluding hydrogens is 216 g/mol. The molecule has 1 rings (SSSR count). The fourth-order valence-corrected chi connectivity index (χ4v) is 2.24. The van der Waals surface area contributed by atoms with E-state index in [1.807, 2.05) is 0 Å². The molecule has 0 aliphatic carbocycles. The van der Waals surface area contributed by atoms with Gasteiger partial charge in [-0.25, -0.2) is 0 Å². The Morgan fingerprint density at radius 1 is 1.47 bits per heavy atom. The zero-order valence-corrected chi connectivity index (χ0v) is 11.2. The van der Waals surface area contributed by atoms with E-state index >= 15 is 0 Å². The van der Waals surface area contributed by atoms with Gasteiger partial charge in [0.1, 0.15) is 6.10 Å². The lowest BCUT2D eigenvalue weighted by atomic mass is 10.0. The van der Waals surface area contributed by atoms with E-state index in [-0.39, 0.29) is 24.2 Å². The zero-order chi connectivity index (χ0) is 12.8. The minimum Gasteiger partial charge on any atom is -0.364 e. The minimum absolute atomic E-state index is 0.0248. The van der Waals surface area contributed by atoms with Crippen LogP contribution in [0.2, 0.25) is 0 Å². The van der Waals surface area contributed by atoms with Crippen molar-refractivity contribution in [3.05, 3.63) is 0 Å². The summed E-state index contributed by atoms with van der Waals surface area (Å²) in [6.45, 7) is 6.94. The summed E-state index contributed by atoms with van der Waals surface area (Å²) in [5.41, 5.74) is 5.52. The summed E-state index contributed by atoms with van der Waals surface area (Å²) in [6.07, 6.45) is 3.64. The van der Waals surface area contributed by atoms with Gasteiger partial charge in [-0.05, 0) is 32.1 Å². The quantitative estimate of drug-likeness (QED) is 0.740. The summed E-state index contributed by atoms with van der Waals surface area (Å²) in [5.74, 6) is 0.670. The van der Waals surface area contributed by atoms with Crippen molar-refractivity contribution in [2.75, 3.05) is 6.54 Å². The number of carbonyl (C=O) groups excluding carboxylic acids is 1. The van der Waals surface area contributed by atoms with Crippen LogP contribution in [0.15, 0.2) is 0 Å². The predicted molar refractivity (Wildman–Crippen MR) is 68.6 cm³/mol. The van der Waals surface area contributed by atoms with E-state index in [2.05, 4.69) is 26.1 Å². The lowest BCUT2D eigenvalue weighted by Gasteiger charge is -2.20. The van der Waals surface area contributed by atoms with E-state index in [1.165, 1.54) is 0 Å². The topological polar surface area (TPSA) is 64.4 Å². The molecule has 0 saturated carbocycles. The third-order valence-corrected chi connectivity index (χ3v) is 3.50. The SMILES string of the molecule is CCC(C)CC(C)NC(=O)C1CCC(CN)O1. The van der Waals surface area contributed by atoms with Crippen LogP contribution in [-0.4, -0.2) is 30.7 Å². The number of hydrogen-bond acceptors (Lipinski definition) is 3. The molecule has 1 amide bonds. The molecule has 0 aromatic carbocycles. The lowest BCUT2D eigenvalue weighted by molar-refractivity contribution is -0.132. The van der Waals surface area contributed by atoms with Crippen LogP contribution in [0.5, 0.6) is 0 Å². The van der Waals surface area contributed by atoms with Crippen LogP contribution in [0.1, 0.15) is 46.5 Å². The standard InChI is InChI=1S/C13H26N2O2/c1-4-9(2)7-10(3)15-13(16)12-6-5-11(8-14)17-12/h9-12H,4-8,14H2,1-3H3,(H,15,16). The first-order chi connectivity index (χ1) is 8.06. The summed E-state index contributed by atoms with van der Waals surface area (Å²) in [7, 11) is 0. The second-order valence-electron chi connectivity index (χ2n) is 5.22. The molecule has 4 unspecified atom stereocenters. The van der Waals surface area contributed by atoms with E-state index < -0.39 is 0 Å². The van der Waals surface area contributed by atoms with Crippen LogP contribution in [0, 0.1) is 5.92 Å². The molecule has 0 aromatic rings.